The van der Waals surface area contributed by atoms with Gasteiger partial charge in [-0.25, -0.2) is 8.42 Å². The van der Waals surface area contributed by atoms with E-state index in [0.29, 0.717) is 31.0 Å². The summed E-state index contributed by atoms with van der Waals surface area (Å²) in [5, 5.41) is 0. The topological polar surface area (TPSA) is 72.6 Å². The van der Waals surface area contributed by atoms with Crippen molar-refractivity contribution in [2.24, 2.45) is 5.73 Å². The molecule has 0 aliphatic carbocycles. The predicted octanol–water partition coefficient (Wildman–Crippen LogP) is 1.12. The van der Waals surface area contributed by atoms with Crippen LogP contribution < -0.4 is 5.73 Å². The zero-order chi connectivity index (χ0) is 14.8. The van der Waals surface area contributed by atoms with Crippen molar-refractivity contribution in [1.82, 2.24) is 4.31 Å². The SMILES string of the molecule is CCc1ccc(CN)cc1S(=O)(=O)N1CCC(OC)C1. The fraction of sp³-hybridized carbons (Fsp3) is 0.571. The van der Waals surface area contributed by atoms with Crippen molar-refractivity contribution >= 4 is 10.0 Å². The van der Waals surface area contributed by atoms with Crippen molar-refractivity contribution < 1.29 is 13.2 Å². The molecule has 0 amide bonds. The first-order valence-electron chi connectivity index (χ1n) is 6.87. The summed E-state index contributed by atoms with van der Waals surface area (Å²) in [6, 6.07) is 5.45. The molecule has 6 heteroatoms. The highest BCUT2D eigenvalue weighted by molar-refractivity contribution is 7.89. The fourth-order valence-electron chi connectivity index (χ4n) is 2.51. The Hall–Kier alpha value is -0.950. The third kappa shape index (κ3) is 2.88. The molecule has 1 unspecified atom stereocenters. The molecule has 1 saturated heterocycles. The minimum atomic E-state index is -3.46. The lowest BCUT2D eigenvalue weighted by molar-refractivity contribution is 0.115. The van der Waals surface area contributed by atoms with Gasteiger partial charge in [-0.05, 0) is 30.0 Å². The number of sulfonamides is 1. The lowest BCUT2D eigenvalue weighted by atomic mass is 10.1. The minimum Gasteiger partial charge on any atom is -0.380 e. The average Bonchev–Trinajstić information content (AvgIpc) is 2.96. The number of hydrogen-bond acceptors (Lipinski definition) is 4. The van der Waals surface area contributed by atoms with Crippen LogP contribution in [0.3, 0.4) is 0 Å². The highest BCUT2D eigenvalue weighted by Gasteiger charge is 2.33. The van der Waals surface area contributed by atoms with Crippen LogP contribution in [0.2, 0.25) is 0 Å². The molecule has 112 valence electrons. The van der Waals surface area contributed by atoms with Crippen molar-refractivity contribution in [2.75, 3.05) is 20.2 Å². The summed E-state index contributed by atoms with van der Waals surface area (Å²) in [6.07, 6.45) is 1.42. The maximum absolute atomic E-state index is 12.8. The molecule has 1 aliphatic rings. The molecule has 5 nitrogen and oxygen atoms in total. The number of aryl methyl sites for hydroxylation is 1. The summed E-state index contributed by atoms with van der Waals surface area (Å²) in [5.41, 5.74) is 7.29. The second-order valence-corrected chi connectivity index (χ2v) is 6.92. The molecule has 1 aromatic rings. The minimum absolute atomic E-state index is 0.00690. The van der Waals surface area contributed by atoms with Gasteiger partial charge in [0.05, 0.1) is 11.0 Å². The zero-order valence-corrected chi connectivity index (χ0v) is 12.8. The Morgan fingerprint density at radius 1 is 1.45 bits per heavy atom. The molecule has 1 aliphatic heterocycles. The van der Waals surface area contributed by atoms with Crippen molar-refractivity contribution in [3.05, 3.63) is 29.3 Å². The molecule has 1 aromatic carbocycles. The van der Waals surface area contributed by atoms with Gasteiger partial charge in [0, 0.05) is 26.7 Å². The van der Waals surface area contributed by atoms with E-state index < -0.39 is 10.0 Å². The summed E-state index contributed by atoms with van der Waals surface area (Å²) in [7, 11) is -1.84. The second-order valence-electron chi connectivity index (χ2n) is 5.01. The molecular formula is C14H22N2O3S. The highest BCUT2D eigenvalue weighted by atomic mass is 32.2. The van der Waals surface area contributed by atoms with Gasteiger partial charge in [0.25, 0.3) is 0 Å². The molecule has 0 bridgehead atoms. The summed E-state index contributed by atoms with van der Waals surface area (Å²) >= 11 is 0. The van der Waals surface area contributed by atoms with Crippen LogP contribution in [0.1, 0.15) is 24.5 Å². The second kappa shape index (κ2) is 6.22. The lowest BCUT2D eigenvalue weighted by Crippen LogP contribution is -2.31. The van der Waals surface area contributed by atoms with Crippen LogP contribution in [0.5, 0.6) is 0 Å². The fourth-order valence-corrected chi connectivity index (χ4v) is 4.34. The van der Waals surface area contributed by atoms with Gasteiger partial charge in [-0.1, -0.05) is 19.1 Å². The predicted molar refractivity (Wildman–Crippen MR) is 77.9 cm³/mol. The monoisotopic (exact) mass is 298 g/mol. The third-order valence-electron chi connectivity index (χ3n) is 3.81. The van der Waals surface area contributed by atoms with Crippen molar-refractivity contribution in [1.29, 1.82) is 0 Å². The molecule has 0 spiro atoms. The summed E-state index contributed by atoms with van der Waals surface area (Å²) in [4.78, 5) is 0.389. The van der Waals surface area contributed by atoms with Gasteiger partial charge in [0.2, 0.25) is 10.0 Å². The molecule has 0 radical (unpaired) electrons. The highest BCUT2D eigenvalue weighted by Crippen LogP contribution is 2.26. The first-order chi connectivity index (χ1) is 9.52. The van der Waals surface area contributed by atoms with Crippen molar-refractivity contribution in [3.8, 4) is 0 Å². The number of nitrogens with zero attached hydrogens (tertiary/aromatic N) is 1. The van der Waals surface area contributed by atoms with Crippen molar-refractivity contribution in [3.63, 3.8) is 0 Å². The van der Waals surface area contributed by atoms with E-state index in [-0.39, 0.29) is 6.10 Å². The Morgan fingerprint density at radius 3 is 2.75 bits per heavy atom. The molecule has 1 heterocycles. The molecule has 0 aromatic heterocycles. The Bertz CT molecular complexity index is 572. The smallest absolute Gasteiger partial charge is 0.243 e. The van der Waals surface area contributed by atoms with Crippen LogP contribution in [0, 0.1) is 0 Å². The van der Waals surface area contributed by atoms with E-state index in [9.17, 15) is 8.42 Å². The maximum atomic E-state index is 12.8. The van der Waals surface area contributed by atoms with Crippen LogP contribution in [0.25, 0.3) is 0 Å². The standard InChI is InChI=1S/C14H22N2O3S/c1-3-12-5-4-11(9-15)8-14(12)20(17,18)16-7-6-13(10-16)19-2/h4-5,8,13H,3,6-7,9-10,15H2,1-2H3. The molecule has 0 saturated carbocycles. The zero-order valence-electron chi connectivity index (χ0n) is 12.0. The molecule has 2 rings (SSSR count). The molecular weight excluding hydrogens is 276 g/mol. The molecule has 1 fully saturated rings. The maximum Gasteiger partial charge on any atom is 0.243 e. The van der Waals surface area contributed by atoms with E-state index in [1.807, 2.05) is 19.1 Å². The van der Waals surface area contributed by atoms with E-state index in [2.05, 4.69) is 0 Å². The number of rotatable bonds is 5. The van der Waals surface area contributed by atoms with E-state index in [0.717, 1.165) is 17.5 Å². The van der Waals surface area contributed by atoms with Crippen LogP contribution in [-0.2, 0) is 27.7 Å². The number of nitrogens with two attached hydrogens (primary N) is 1. The lowest BCUT2D eigenvalue weighted by Gasteiger charge is -2.19. The molecule has 20 heavy (non-hydrogen) atoms. The van der Waals surface area contributed by atoms with E-state index in [1.165, 1.54) is 4.31 Å². The van der Waals surface area contributed by atoms with E-state index in [4.69, 9.17) is 10.5 Å². The van der Waals surface area contributed by atoms with Crippen LogP contribution >= 0.6 is 0 Å². The van der Waals surface area contributed by atoms with Gasteiger partial charge in [-0.15, -0.1) is 0 Å². The van der Waals surface area contributed by atoms with Gasteiger partial charge in [-0.3, -0.25) is 0 Å². The van der Waals surface area contributed by atoms with Gasteiger partial charge in [0.15, 0.2) is 0 Å². The van der Waals surface area contributed by atoms with Gasteiger partial charge >= 0.3 is 0 Å². The Labute approximate surface area is 120 Å². The molecule has 1 atom stereocenters. The quantitative estimate of drug-likeness (QED) is 0.884. The first-order valence-corrected chi connectivity index (χ1v) is 8.31. The van der Waals surface area contributed by atoms with E-state index in [1.54, 1.807) is 13.2 Å². The average molecular weight is 298 g/mol. The van der Waals surface area contributed by atoms with Gasteiger partial charge < -0.3 is 10.5 Å². The Morgan fingerprint density at radius 2 is 2.20 bits per heavy atom. The van der Waals surface area contributed by atoms with Gasteiger partial charge in [0.1, 0.15) is 0 Å². The normalized spacial score (nSPS) is 20.4. The number of hydrogen-bond donors (Lipinski definition) is 1. The van der Waals surface area contributed by atoms with E-state index >= 15 is 0 Å². The van der Waals surface area contributed by atoms with Crippen LogP contribution in [0.4, 0.5) is 0 Å². The third-order valence-corrected chi connectivity index (χ3v) is 5.75. The number of ether oxygens (including phenoxy) is 1. The Kier molecular flexibility index (Phi) is 4.80. The van der Waals surface area contributed by atoms with Crippen molar-refractivity contribution in [2.45, 2.75) is 37.3 Å². The number of methoxy groups -OCH3 is 1. The summed E-state index contributed by atoms with van der Waals surface area (Å²) < 4.78 is 32.3. The Balaban J connectivity index is 2.38. The van der Waals surface area contributed by atoms with Gasteiger partial charge in [-0.2, -0.15) is 4.31 Å². The molecule has 2 N–H and O–H groups in total. The van der Waals surface area contributed by atoms with Crippen LogP contribution in [-0.4, -0.2) is 39.0 Å². The number of benzene rings is 1. The first kappa shape index (κ1) is 15.4. The largest absolute Gasteiger partial charge is 0.380 e. The summed E-state index contributed by atoms with van der Waals surface area (Å²) in [6.45, 7) is 3.23. The summed E-state index contributed by atoms with van der Waals surface area (Å²) in [5.74, 6) is 0. The van der Waals surface area contributed by atoms with Crippen LogP contribution in [0.15, 0.2) is 23.1 Å².